The Morgan fingerprint density at radius 2 is 2.09 bits per heavy atom. The van der Waals surface area contributed by atoms with Crippen LogP contribution in [0.3, 0.4) is 0 Å². The van der Waals surface area contributed by atoms with E-state index in [2.05, 4.69) is 0 Å². The van der Waals surface area contributed by atoms with Crippen molar-refractivity contribution in [1.29, 1.82) is 0 Å². The van der Waals surface area contributed by atoms with E-state index in [4.69, 9.17) is 4.74 Å². The summed E-state index contributed by atoms with van der Waals surface area (Å²) in [6, 6.07) is 7.52. The molecular formula is C9H8O2. The molecule has 2 nitrogen and oxygen atoms in total. The molecule has 1 aliphatic heterocycles. The highest BCUT2D eigenvalue weighted by Crippen LogP contribution is 2.33. The van der Waals surface area contributed by atoms with E-state index in [0.29, 0.717) is 5.75 Å². The van der Waals surface area contributed by atoms with Crippen molar-refractivity contribution in [2.24, 2.45) is 0 Å². The predicted molar refractivity (Wildman–Crippen MR) is 40.5 cm³/mol. The van der Waals surface area contributed by atoms with Gasteiger partial charge in [0.05, 0.1) is 5.92 Å². The number of esters is 1. The van der Waals surface area contributed by atoms with Gasteiger partial charge in [0.25, 0.3) is 0 Å². The molecule has 0 radical (unpaired) electrons. The molecule has 0 aromatic heterocycles. The molecule has 11 heavy (non-hydrogen) atoms. The Balaban J connectivity index is 2.55. The Kier molecular flexibility index (Phi) is 1.22. The summed E-state index contributed by atoms with van der Waals surface area (Å²) in [7, 11) is 0. The van der Waals surface area contributed by atoms with Gasteiger partial charge in [-0.25, -0.2) is 0 Å². The molecule has 0 N–H and O–H groups in total. The molecule has 1 aromatic carbocycles. The zero-order valence-electron chi connectivity index (χ0n) is 6.20. The number of fused-ring (bicyclic) bond motifs is 1. The van der Waals surface area contributed by atoms with Crippen LogP contribution in [-0.2, 0) is 4.79 Å². The Bertz CT molecular complexity index is 304. The van der Waals surface area contributed by atoms with Crippen LogP contribution < -0.4 is 4.74 Å². The van der Waals surface area contributed by atoms with E-state index >= 15 is 0 Å². The van der Waals surface area contributed by atoms with Crippen LogP contribution in [0.2, 0.25) is 0 Å². The number of carbonyl (C=O) groups is 1. The number of hydrogen-bond donors (Lipinski definition) is 0. The highest BCUT2D eigenvalue weighted by Gasteiger charge is 2.28. The van der Waals surface area contributed by atoms with E-state index in [9.17, 15) is 4.79 Å². The second-order valence-electron chi connectivity index (χ2n) is 2.68. The molecule has 0 aliphatic carbocycles. The summed E-state index contributed by atoms with van der Waals surface area (Å²) in [5.41, 5.74) is 0.998. The number of carbonyl (C=O) groups excluding carboxylic acids is 1. The van der Waals surface area contributed by atoms with Gasteiger partial charge in [-0.2, -0.15) is 0 Å². The quantitative estimate of drug-likeness (QED) is 0.413. The number of benzene rings is 1. The maximum atomic E-state index is 11.0. The number of ether oxygens (including phenoxy) is 1. The van der Waals surface area contributed by atoms with E-state index in [-0.39, 0.29) is 11.9 Å². The van der Waals surface area contributed by atoms with Crippen molar-refractivity contribution < 1.29 is 9.53 Å². The van der Waals surface area contributed by atoms with Crippen molar-refractivity contribution in [1.82, 2.24) is 0 Å². The van der Waals surface area contributed by atoms with Crippen LogP contribution >= 0.6 is 0 Å². The molecule has 2 heteroatoms. The summed E-state index contributed by atoms with van der Waals surface area (Å²) in [5.74, 6) is 0.474. The van der Waals surface area contributed by atoms with Gasteiger partial charge < -0.3 is 4.74 Å². The molecule has 0 saturated carbocycles. The minimum atomic E-state index is -0.147. The van der Waals surface area contributed by atoms with Crippen molar-refractivity contribution in [2.75, 3.05) is 0 Å². The topological polar surface area (TPSA) is 26.3 Å². The van der Waals surface area contributed by atoms with Crippen LogP contribution in [0.4, 0.5) is 0 Å². The third-order valence-electron chi connectivity index (χ3n) is 1.95. The first-order chi connectivity index (χ1) is 5.29. The fourth-order valence-electron chi connectivity index (χ4n) is 1.25. The monoisotopic (exact) mass is 148 g/mol. The molecular weight excluding hydrogens is 140 g/mol. The molecule has 0 spiro atoms. The molecule has 2 rings (SSSR count). The van der Waals surface area contributed by atoms with E-state index in [1.807, 2.05) is 31.2 Å². The minimum Gasteiger partial charge on any atom is -0.426 e. The van der Waals surface area contributed by atoms with Crippen molar-refractivity contribution >= 4 is 5.97 Å². The number of rotatable bonds is 0. The molecule has 0 fully saturated rings. The normalized spacial score (nSPS) is 21.2. The standard InChI is InChI=1S/C9H8O2/c1-6-7-4-2-3-5-8(7)11-9(6)10/h2-6H,1H3. The lowest BCUT2D eigenvalue weighted by atomic mass is 10.0. The van der Waals surface area contributed by atoms with Crippen LogP contribution in [-0.4, -0.2) is 5.97 Å². The predicted octanol–water partition coefficient (Wildman–Crippen LogP) is 1.71. The van der Waals surface area contributed by atoms with Crippen molar-refractivity contribution in [2.45, 2.75) is 12.8 Å². The van der Waals surface area contributed by atoms with Gasteiger partial charge in [-0.05, 0) is 13.0 Å². The Morgan fingerprint density at radius 3 is 2.82 bits per heavy atom. The Labute approximate surface area is 64.8 Å². The first-order valence-corrected chi connectivity index (χ1v) is 3.59. The molecule has 0 saturated heterocycles. The summed E-state index contributed by atoms with van der Waals surface area (Å²) >= 11 is 0. The molecule has 56 valence electrons. The summed E-state index contributed by atoms with van der Waals surface area (Å²) in [6.45, 7) is 1.86. The van der Waals surface area contributed by atoms with Gasteiger partial charge in [0.1, 0.15) is 5.75 Å². The molecule has 1 unspecified atom stereocenters. The van der Waals surface area contributed by atoms with Crippen molar-refractivity contribution in [3.05, 3.63) is 29.8 Å². The fourth-order valence-corrected chi connectivity index (χ4v) is 1.25. The molecule has 1 aromatic rings. The largest absolute Gasteiger partial charge is 0.426 e. The lowest BCUT2D eigenvalue weighted by Crippen LogP contribution is -2.05. The smallest absolute Gasteiger partial charge is 0.318 e. The first kappa shape index (κ1) is 6.40. The van der Waals surface area contributed by atoms with E-state index in [1.165, 1.54) is 0 Å². The molecule has 0 amide bonds. The Morgan fingerprint density at radius 1 is 1.36 bits per heavy atom. The Hall–Kier alpha value is -1.31. The minimum absolute atomic E-state index is 0.0915. The zero-order valence-corrected chi connectivity index (χ0v) is 6.20. The molecule has 1 aliphatic rings. The van der Waals surface area contributed by atoms with Gasteiger partial charge in [0.2, 0.25) is 0 Å². The van der Waals surface area contributed by atoms with Gasteiger partial charge in [-0.15, -0.1) is 0 Å². The molecule has 1 heterocycles. The fraction of sp³-hybridized carbons (Fsp3) is 0.222. The summed E-state index contributed by atoms with van der Waals surface area (Å²) in [4.78, 5) is 11.0. The second kappa shape index (κ2) is 2.09. The third kappa shape index (κ3) is 0.827. The van der Waals surface area contributed by atoms with Crippen LogP contribution in [0.25, 0.3) is 0 Å². The second-order valence-corrected chi connectivity index (χ2v) is 2.68. The highest BCUT2D eigenvalue weighted by atomic mass is 16.5. The van der Waals surface area contributed by atoms with E-state index in [0.717, 1.165) is 5.56 Å². The van der Waals surface area contributed by atoms with E-state index < -0.39 is 0 Å². The van der Waals surface area contributed by atoms with Gasteiger partial charge in [-0.3, -0.25) is 4.79 Å². The van der Waals surface area contributed by atoms with Crippen LogP contribution in [0.15, 0.2) is 24.3 Å². The van der Waals surface area contributed by atoms with Gasteiger partial charge in [0, 0.05) is 5.56 Å². The van der Waals surface area contributed by atoms with Crippen molar-refractivity contribution in [3.63, 3.8) is 0 Å². The maximum Gasteiger partial charge on any atom is 0.318 e. The SMILES string of the molecule is CC1C(=O)Oc2ccccc21. The van der Waals surface area contributed by atoms with Crippen molar-refractivity contribution in [3.8, 4) is 5.75 Å². The van der Waals surface area contributed by atoms with Crippen LogP contribution in [0.5, 0.6) is 5.75 Å². The first-order valence-electron chi connectivity index (χ1n) is 3.59. The lowest BCUT2D eigenvalue weighted by molar-refractivity contribution is -0.133. The summed E-state index contributed by atoms with van der Waals surface area (Å²) in [6.07, 6.45) is 0. The lowest BCUT2D eigenvalue weighted by Gasteiger charge is -1.94. The maximum absolute atomic E-state index is 11.0. The molecule has 0 bridgehead atoms. The van der Waals surface area contributed by atoms with Crippen LogP contribution in [0.1, 0.15) is 18.4 Å². The van der Waals surface area contributed by atoms with Gasteiger partial charge >= 0.3 is 5.97 Å². The summed E-state index contributed by atoms with van der Waals surface area (Å²) in [5, 5.41) is 0. The average molecular weight is 148 g/mol. The number of hydrogen-bond acceptors (Lipinski definition) is 2. The highest BCUT2D eigenvalue weighted by molar-refractivity contribution is 5.85. The van der Waals surface area contributed by atoms with Gasteiger partial charge in [-0.1, -0.05) is 18.2 Å². The average Bonchev–Trinajstić information content (AvgIpc) is 2.30. The third-order valence-corrected chi connectivity index (χ3v) is 1.95. The zero-order chi connectivity index (χ0) is 7.84. The van der Waals surface area contributed by atoms with Crippen LogP contribution in [0, 0.1) is 0 Å². The summed E-state index contributed by atoms with van der Waals surface area (Å²) < 4.78 is 4.98. The number of para-hydroxylation sites is 1. The van der Waals surface area contributed by atoms with Gasteiger partial charge in [0.15, 0.2) is 0 Å². The van der Waals surface area contributed by atoms with E-state index in [1.54, 1.807) is 0 Å². The molecule has 1 atom stereocenters.